The highest BCUT2D eigenvalue weighted by Crippen LogP contribution is 2.22. The summed E-state index contributed by atoms with van der Waals surface area (Å²) in [4.78, 5) is 0. The minimum absolute atomic E-state index is 0.588. The molecule has 2 aromatic rings. The van der Waals surface area contributed by atoms with E-state index in [4.69, 9.17) is 21.1 Å². The molecule has 25 heavy (non-hydrogen) atoms. The summed E-state index contributed by atoms with van der Waals surface area (Å²) < 4.78 is 11.6. The lowest BCUT2D eigenvalue weighted by atomic mass is 10.2. The van der Waals surface area contributed by atoms with Gasteiger partial charge in [0.05, 0.1) is 6.61 Å². The van der Waals surface area contributed by atoms with Gasteiger partial charge in [0.15, 0.2) is 0 Å². The fourth-order valence-electron chi connectivity index (χ4n) is 2.55. The van der Waals surface area contributed by atoms with E-state index in [2.05, 4.69) is 12.2 Å². The summed E-state index contributed by atoms with van der Waals surface area (Å²) in [6, 6.07) is 13.7. The lowest BCUT2D eigenvalue weighted by molar-refractivity contribution is 0.305. The SMILES string of the molecule is CCCCCCOc1cccc(NCCOc2ccc(Cl)cc2C)c1. The van der Waals surface area contributed by atoms with Gasteiger partial charge in [0.25, 0.3) is 0 Å². The van der Waals surface area contributed by atoms with Gasteiger partial charge in [-0.05, 0) is 49.2 Å². The number of halogens is 1. The third-order valence-electron chi connectivity index (χ3n) is 3.93. The normalized spacial score (nSPS) is 10.5. The third kappa shape index (κ3) is 7.27. The second-order valence-electron chi connectivity index (χ2n) is 6.12. The van der Waals surface area contributed by atoms with Crippen molar-refractivity contribution < 1.29 is 9.47 Å². The number of unbranched alkanes of at least 4 members (excludes halogenated alkanes) is 3. The monoisotopic (exact) mass is 361 g/mol. The largest absolute Gasteiger partial charge is 0.494 e. The van der Waals surface area contributed by atoms with Crippen LogP contribution in [0.1, 0.15) is 38.2 Å². The molecule has 0 amide bonds. The first-order valence-electron chi connectivity index (χ1n) is 9.04. The van der Waals surface area contributed by atoms with Crippen LogP contribution in [0.4, 0.5) is 5.69 Å². The van der Waals surface area contributed by atoms with Crippen LogP contribution in [0.25, 0.3) is 0 Å². The summed E-state index contributed by atoms with van der Waals surface area (Å²) in [5, 5.41) is 4.10. The van der Waals surface area contributed by atoms with Crippen LogP contribution < -0.4 is 14.8 Å². The van der Waals surface area contributed by atoms with Gasteiger partial charge >= 0.3 is 0 Å². The molecule has 0 bridgehead atoms. The van der Waals surface area contributed by atoms with Crippen molar-refractivity contribution in [3.8, 4) is 11.5 Å². The molecule has 0 unspecified atom stereocenters. The molecule has 0 fully saturated rings. The number of ether oxygens (including phenoxy) is 2. The van der Waals surface area contributed by atoms with Gasteiger partial charge in [-0.2, -0.15) is 0 Å². The van der Waals surface area contributed by atoms with E-state index in [9.17, 15) is 0 Å². The van der Waals surface area contributed by atoms with E-state index >= 15 is 0 Å². The van der Waals surface area contributed by atoms with Crippen LogP contribution >= 0.6 is 11.6 Å². The molecule has 2 aromatic carbocycles. The molecule has 0 atom stereocenters. The van der Waals surface area contributed by atoms with Crippen LogP contribution in [0.15, 0.2) is 42.5 Å². The Morgan fingerprint density at radius 2 is 1.84 bits per heavy atom. The fraction of sp³-hybridized carbons (Fsp3) is 0.429. The van der Waals surface area contributed by atoms with Gasteiger partial charge in [-0.15, -0.1) is 0 Å². The predicted octanol–water partition coefficient (Wildman–Crippen LogP) is 6.10. The number of hydrogen-bond acceptors (Lipinski definition) is 3. The molecule has 0 heterocycles. The first kappa shape index (κ1) is 19.5. The van der Waals surface area contributed by atoms with Crippen molar-refractivity contribution in [2.45, 2.75) is 39.5 Å². The van der Waals surface area contributed by atoms with E-state index in [0.717, 1.165) is 47.3 Å². The Morgan fingerprint density at radius 3 is 2.64 bits per heavy atom. The number of nitrogens with one attached hydrogen (secondary N) is 1. The number of hydrogen-bond donors (Lipinski definition) is 1. The summed E-state index contributed by atoms with van der Waals surface area (Å²) >= 11 is 5.95. The number of aryl methyl sites for hydroxylation is 1. The Hall–Kier alpha value is -1.87. The van der Waals surface area contributed by atoms with Crippen LogP contribution in [-0.2, 0) is 0 Å². The van der Waals surface area contributed by atoms with Crippen molar-refractivity contribution >= 4 is 17.3 Å². The van der Waals surface area contributed by atoms with Crippen LogP contribution in [0.3, 0.4) is 0 Å². The first-order valence-corrected chi connectivity index (χ1v) is 9.42. The molecule has 0 aliphatic heterocycles. The molecule has 0 spiro atoms. The molecule has 0 saturated carbocycles. The second-order valence-corrected chi connectivity index (χ2v) is 6.56. The van der Waals surface area contributed by atoms with E-state index < -0.39 is 0 Å². The van der Waals surface area contributed by atoms with Crippen molar-refractivity contribution in [1.82, 2.24) is 0 Å². The maximum Gasteiger partial charge on any atom is 0.122 e. The van der Waals surface area contributed by atoms with Crippen molar-refractivity contribution in [1.29, 1.82) is 0 Å². The highest BCUT2D eigenvalue weighted by Gasteiger charge is 2.01. The van der Waals surface area contributed by atoms with Gasteiger partial charge in [-0.25, -0.2) is 0 Å². The van der Waals surface area contributed by atoms with Crippen molar-refractivity contribution in [2.24, 2.45) is 0 Å². The molecule has 3 nitrogen and oxygen atoms in total. The van der Waals surface area contributed by atoms with E-state index in [1.165, 1.54) is 19.3 Å². The molecule has 0 radical (unpaired) electrons. The highest BCUT2D eigenvalue weighted by atomic mass is 35.5. The smallest absolute Gasteiger partial charge is 0.122 e. The van der Waals surface area contributed by atoms with Crippen LogP contribution in [-0.4, -0.2) is 19.8 Å². The first-order chi connectivity index (χ1) is 12.2. The summed E-state index contributed by atoms with van der Waals surface area (Å²) in [6.07, 6.45) is 4.87. The van der Waals surface area contributed by atoms with E-state index in [0.29, 0.717) is 6.61 Å². The highest BCUT2D eigenvalue weighted by molar-refractivity contribution is 6.30. The van der Waals surface area contributed by atoms with Crippen LogP contribution in [0, 0.1) is 6.92 Å². The van der Waals surface area contributed by atoms with Gasteiger partial charge in [0.2, 0.25) is 0 Å². The van der Waals surface area contributed by atoms with Gasteiger partial charge < -0.3 is 14.8 Å². The number of benzene rings is 2. The minimum atomic E-state index is 0.588. The van der Waals surface area contributed by atoms with Gasteiger partial charge in [-0.1, -0.05) is 43.9 Å². The fourth-order valence-corrected chi connectivity index (χ4v) is 2.77. The Kier molecular flexibility index (Phi) is 8.47. The Balaban J connectivity index is 1.70. The maximum atomic E-state index is 5.95. The van der Waals surface area contributed by atoms with Crippen molar-refractivity contribution in [3.63, 3.8) is 0 Å². The van der Waals surface area contributed by atoms with Gasteiger partial charge in [-0.3, -0.25) is 0 Å². The lowest BCUT2D eigenvalue weighted by Gasteiger charge is -2.12. The molecule has 0 aliphatic rings. The minimum Gasteiger partial charge on any atom is -0.494 e. The zero-order valence-corrected chi connectivity index (χ0v) is 15.9. The molecule has 0 aliphatic carbocycles. The quantitative estimate of drug-likeness (QED) is 0.490. The second kappa shape index (κ2) is 10.9. The number of anilines is 1. The molecular weight excluding hydrogens is 334 g/mol. The maximum absolute atomic E-state index is 5.95. The molecule has 136 valence electrons. The lowest BCUT2D eigenvalue weighted by Crippen LogP contribution is -2.12. The summed E-state index contributed by atoms with van der Waals surface area (Å²) in [7, 11) is 0. The molecular formula is C21H28ClNO2. The van der Waals surface area contributed by atoms with E-state index in [1.54, 1.807) is 0 Å². The van der Waals surface area contributed by atoms with E-state index in [1.807, 2.05) is 49.4 Å². The van der Waals surface area contributed by atoms with E-state index in [-0.39, 0.29) is 0 Å². The van der Waals surface area contributed by atoms with Crippen molar-refractivity contribution in [3.05, 3.63) is 53.1 Å². The average Bonchev–Trinajstić information content (AvgIpc) is 2.60. The molecule has 4 heteroatoms. The standard InChI is InChI=1S/C21H28ClNO2/c1-3-4-5-6-13-24-20-9-7-8-19(16-20)23-12-14-25-21-11-10-18(22)15-17(21)2/h7-11,15-16,23H,3-6,12-14H2,1-2H3. The van der Waals surface area contributed by atoms with Crippen molar-refractivity contribution in [2.75, 3.05) is 25.1 Å². The molecule has 0 saturated heterocycles. The topological polar surface area (TPSA) is 30.5 Å². The third-order valence-corrected chi connectivity index (χ3v) is 4.16. The summed E-state index contributed by atoms with van der Waals surface area (Å²) in [6.45, 7) is 6.30. The Bertz CT molecular complexity index is 646. The number of rotatable bonds is 11. The molecule has 0 aromatic heterocycles. The van der Waals surface area contributed by atoms with Gasteiger partial charge in [0, 0.05) is 23.3 Å². The summed E-state index contributed by atoms with van der Waals surface area (Å²) in [5.41, 5.74) is 2.09. The summed E-state index contributed by atoms with van der Waals surface area (Å²) in [5.74, 6) is 1.78. The van der Waals surface area contributed by atoms with Crippen LogP contribution in [0.5, 0.6) is 11.5 Å². The predicted molar refractivity (Wildman–Crippen MR) is 106 cm³/mol. The zero-order valence-electron chi connectivity index (χ0n) is 15.2. The van der Waals surface area contributed by atoms with Gasteiger partial charge in [0.1, 0.15) is 18.1 Å². The average molecular weight is 362 g/mol. The van der Waals surface area contributed by atoms with Crippen LogP contribution in [0.2, 0.25) is 5.02 Å². The Morgan fingerprint density at radius 1 is 0.960 bits per heavy atom. The molecule has 2 rings (SSSR count). The Labute approximate surface area is 156 Å². The molecule has 1 N–H and O–H groups in total. The zero-order chi connectivity index (χ0) is 17.9.